The van der Waals surface area contributed by atoms with Crippen molar-refractivity contribution in [2.45, 2.75) is 18.1 Å². The smallest absolute Gasteiger partial charge is 0.321 e. The number of carbonyl (C=O) groups excluding carboxylic acids is 2. The Balaban J connectivity index is 1.99. The molecule has 120 valence electrons. The largest absolute Gasteiger partial charge is 0.392 e. The quantitative estimate of drug-likeness (QED) is 0.561. The first kappa shape index (κ1) is 13.9. The molecule has 3 aliphatic carbocycles. The topological polar surface area (TPSA) is 83.8 Å². The van der Waals surface area contributed by atoms with Crippen LogP contribution in [-0.2, 0) is 25.5 Å². The molecule has 4 aliphatic rings. The number of rotatable bonds is 0. The maximum Gasteiger partial charge on any atom is 0.321 e. The second-order valence-corrected chi connectivity index (χ2v) is 6.82. The fourth-order valence-electron chi connectivity index (χ4n) is 4.74. The molecule has 1 aliphatic heterocycles. The summed E-state index contributed by atoms with van der Waals surface area (Å²) in [5.41, 5.74) is -0.631. The van der Waals surface area contributed by atoms with Crippen molar-refractivity contribution in [3.05, 3.63) is 70.3 Å². The third-order valence-corrected chi connectivity index (χ3v) is 5.69. The molecule has 2 aromatic rings. The first-order valence-corrected chi connectivity index (χ1v) is 7.82. The first-order valence-electron chi connectivity index (χ1n) is 7.82. The number of aryl methyl sites for hydroxylation is 1. The molecule has 2 aromatic carbocycles. The summed E-state index contributed by atoms with van der Waals surface area (Å²) >= 11 is 0. The Morgan fingerprint density at radius 2 is 1.33 bits per heavy atom. The molecule has 6 rings (SSSR count). The van der Waals surface area contributed by atoms with Crippen LogP contribution in [0.25, 0.3) is 0 Å². The summed E-state index contributed by atoms with van der Waals surface area (Å²) in [7, 11) is 0. The molecule has 4 atom stereocenters. The van der Waals surface area contributed by atoms with Gasteiger partial charge >= 0.3 is 11.9 Å². The van der Waals surface area contributed by atoms with Gasteiger partial charge < -0.3 is 14.9 Å². The molecule has 1 fully saturated rings. The lowest BCUT2D eigenvalue weighted by Crippen LogP contribution is -2.61. The van der Waals surface area contributed by atoms with Crippen LogP contribution in [0.1, 0.15) is 27.8 Å². The molecule has 2 N–H and O–H groups in total. The third-order valence-electron chi connectivity index (χ3n) is 5.69. The van der Waals surface area contributed by atoms with E-state index in [0.29, 0.717) is 22.3 Å². The standard InChI is InChI=1S/C19H14O5/c1-9-6-7-12-13(8-9)19(23)11-5-3-2-4-10(11)18(12,22)14-15(19)17(21)24-16(14)20/h2-8,14-15,22-23H,1H3. The Morgan fingerprint density at radius 3 is 1.92 bits per heavy atom. The van der Waals surface area contributed by atoms with Crippen molar-refractivity contribution in [1.82, 2.24) is 0 Å². The second kappa shape index (κ2) is 3.94. The van der Waals surface area contributed by atoms with Crippen molar-refractivity contribution >= 4 is 11.9 Å². The van der Waals surface area contributed by atoms with Crippen molar-refractivity contribution in [2.24, 2.45) is 11.8 Å². The maximum atomic E-state index is 12.3. The molecule has 2 bridgehead atoms. The van der Waals surface area contributed by atoms with Crippen LogP contribution in [-0.4, -0.2) is 22.2 Å². The molecule has 1 heterocycles. The molecule has 0 radical (unpaired) electrons. The minimum atomic E-state index is -1.68. The molecular weight excluding hydrogens is 308 g/mol. The minimum absolute atomic E-state index is 0.455. The van der Waals surface area contributed by atoms with E-state index in [2.05, 4.69) is 0 Å². The normalized spacial score (nSPS) is 35.3. The summed E-state index contributed by atoms with van der Waals surface area (Å²) in [5.74, 6) is -3.85. The molecule has 4 unspecified atom stereocenters. The second-order valence-electron chi connectivity index (χ2n) is 6.82. The van der Waals surface area contributed by atoms with Crippen molar-refractivity contribution < 1.29 is 24.5 Å². The van der Waals surface area contributed by atoms with E-state index < -0.39 is 35.0 Å². The summed E-state index contributed by atoms with van der Waals surface area (Å²) in [6, 6.07) is 12.2. The van der Waals surface area contributed by atoms with Crippen LogP contribution >= 0.6 is 0 Å². The highest BCUT2D eigenvalue weighted by Crippen LogP contribution is 2.64. The van der Waals surface area contributed by atoms with Gasteiger partial charge in [0.15, 0.2) is 0 Å². The highest BCUT2D eigenvalue weighted by Gasteiger charge is 2.73. The van der Waals surface area contributed by atoms with E-state index in [4.69, 9.17) is 4.74 Å². The van der Waals surface area contributed by atoms with Gasteiger partial charge in [0.05, 0.1) is 0 Å². The summed E-state index contributed by atoms with van der Waals surface area (Å²) in [6.45, 7) is 1.87. The van der Waals surface area contributed by atoms with Gasteiger partial charge in [-0.15, -0.1) is 0 Å². The summed E-state index contributed by atoms with van der Waals surface area (Å²) < 4.78 is 4.81. The van der Waals surface area contributed by atoms with E-state index in [9.17, 15) is 19.8 Å². The summed E-state index contributed by atoms with van der Waals surface area (Å²) in [6.07, 6.45) is 0. The first-order chi connectivity index (χ1) is 11.4. The summed E-state index contributed by atoms with van der Waals surface area (Å²) in [5, 5.41) is 23.3. The predicted octanol–water partition coefficient (Wildman–Crippen LogP) is 1.11. The highest BCUT2D eigenvalue weighted by molar-refractivity contribution is 6.00. The Hall–Kier alpha value is -2.50. The van der Waals surface area contributed by atoms with Crippen LogP contribution in [0.15, 0.2) is 42.5 Å². The number of carbonyl (C=O) groups is 2. The van der Waals surface area contributed by atoms with Gasteiger partial charge in [-0.05, 0) is 29.2 Å². The number of aliphatic hydroxyl groups is 2. The molecule has 0 saturated carbocycles. The average molecular weight is 322 g/mol. The van der Waals surface area contributed by atoms with Gasteiger partial charge in [0.25, 0.3) is 0 Å². The fourth-order valence-corrected chi connectivity index (χ4v) is 4.74. The Labute approximate surface area is 137 Å². The third kappa shape index (κ3) is 1.24. The molecule has 0 aromatic heterocycles. The Bertz CT molecular complexity index is 949. The maximum absolute atomic E-state index is 12.3. The molecule has 0 spiro atoms. The summed E-state index contributed by atoms with van der Waals surface area (Å²) in [4.78, 5) is 24.7. The van der Waals surface area contributed by atoms with Gasteiger partial charge in [0.1, 0.15) is 23.0 Å². The zero-order valence-electron chi connectivity index (χ0n) is 12.8. The van der Waals surface area contributed by atoms with Crippen LogP contribution < -0.4 is 0 Å². The van der Waals surface area contributed by atoms with E-state index in [-0.39, 0.29) is 0 Å². The van der Waals surface area contributed by atoms with Crippen LogP contribution in [0.2, 0.25) is 0 Å². The minimum Gasteiger partial charge on any atom is -0.392 e. The predicted molar refractivity (Wildman–Crippen MR) is 81.7 cm³/mol. The fraction of sp³-hybridized carbons (Fsp3) is 0.263. The Morgan fingerprint density at radius 1 is 0.833 bits per heavy atom. The SMILES string of the molecule is Cc1ccc2c(c1)C1(O)c3ccccc3C2(O)C2C(=O)OC(=O)C21. The molecule has 0 amide bonds. The van der Waals surface area contributed by atoms with Gasteiger partial charge in [-0.1, -0.05) is 48.0 Å². The zero-order chi connectivity index (χ0) is 16.9. The molecule has 5 nitrogen and oxygen atoms in total. The van der Waals surface area contributed by atoms with Gasteiger partial charge in [-0.2, -0.15) is 0 Å². The van der Waals surface area contributed by atoms with E-state index in [1.54, 1.807) is 36.4 Å². The Kier molecular flexibility index (Phi) is 2.28. The monoisotopic (exact) mass is 322 g/mol. The van der Waals surface area contributed by atoms with E-state index in [0.717, 1.165) is 5.56 Å². The lowest BCUT2D eigenvalue weighted by molar-refractivity contribution is -0.155. The lowest BCUT2D eigenvalue weighted by Gasteiger charge is -2.54. The van der Waals surface area contributed by atoms with Crippen molar-refractivity contribution in [3.63, 3.8) is 0 Å². The van der Waals surface area contributed by atoms with Crippen molar-refractivity contribution in [2.75, 3.05) is 0 Å². The van der Waals surface area contributed by atoms with Crippen LogP contribution in [0.3, 0.4) is 0 Å². The van der Waals surface area contributed by atoms with Gasteiger partial charge in [-0.3, -0.25) is 9.59 Å². The molecular formula is C19H14O5. The molecule has 24 heavy (non-hydrogen) atoms. The number of ether oxygens (including phenoxy) is 1. The zero-order valence-corrected chi connectivity index (χ0v) is 12.8. The van der Waals surface area contributed by atoms with Gasteiger partial charge in [-0.25, -0.2) is 0 Å². The van der Waals surface area contributed by atoms with Gasteiger partial charge in [0.2, 0.25) is 0 Å². The van der Waals surface area contributed by atoms with Crippen LogP contribution in [0.4, 0.5) is 0 Å². The van der Waals surface area contributed by atoms with Crippen molar-refractivity contribution in [3.8, 4) is 0 Å². The number of hydrogen-bond donors (Lipinski definition) is 2. The number of cyclic esters (lactones) is 2. The molecule has 1 saturated heterocycles. The number of hydrogen-bond acceptors (Lipinski definition) is 5. The van der Waals surface area contributed by atoms with Crippen LogP contribution in [0.5, 0.6) is 0 Å². The van der Waals surface area contributed by atoms with E-state index >= 15 is 0 Å². The average Bonchev–Trinajstić information content (AvgIpc) is 2.88. The molecule has 5 heteroatoms. The van der Waals surface area contributed by atoms with E-state index in [1.165, 1.54) is 0 Å². The lowest BCUT2D eigenvalue weighted by atomic mass is 9.50. The van der Waals surface area contributed by atoms with E-state index in [1.807, 2.05) is 13.0 Å². The van der Waals surface area contributed by atoms with Gasteiger partial charge in [0, 0.05) is 0 Å². The number of esters is 2. The van der Waals surface area contributed by atoms with Crippen molar-refractivity contribution in [1.29, 1.82) is 0 Å². The highest BCUT2D eigenvalue weighted by atomic mass is 16.6. The van der Waals surface area contributed by atoms with Crippen LogP contribution in [0, 0.1) is 18.8 Å². The number of benzene rings is 2.